The Kier molecular flexibility index (Phi) is 3.68. The van der Waals surface area contributed by atoms with Gasteiger partial charge in [-0.15, -0.1) is 0 Å². The van der Waals surface area contributed by atoms with Crippen LogP contribution in [0.2, 0.25) is 0 Å². The van der Waals surface area contributed by atoms with Crippen molar-refractivity contribution in [2.45, 2.75) is 65.5 Å². The Hall–Kier alpha value is -0.0800. The molecule has 1 saturated carbocycles. The van der Waals surface area contributed by atoms with Gasteiger partial charge in [0.2, 0.25) is 0 Å². The molecular formula is C17H32N2. The molecule has 0 atom stereocenters. The van der Waals surface area contributed by atoms with E-state index in [-0.39, 0.29) is 0 Å². The molecule has 0 unspecified atom stereocenters. The fraction of sp³-hybridized carbons (Fsp3) is 1.00. The van der Waals surface area contributed by atoms with E-state index in [9.17, 15) is 0 Å². The van der Waals surface area contributed by atoms with E-state index < -0.39 is 0 Å². The van der Waals surface area contributed by atoms with E-state index in [0.717, 1.165) is 29.3 Å². The molecule has 2 saturated heterocycles. The average Bonchev–Trinajstić information content (AvgIpc) is 2.24. The SMILES string of the molecule is CC(C)C1CCC2(CC1)CN(C1CN(C(C)C)C1)C2. The molecule has 2 nitrogen and oxygen atoms in total. The third kappa shape index (κ3) is 2.58. The third-order valence-electron chi connectivity index (χ3n) is 6.25. The molecule has 1 aliphatic carbocycles. The molecule has 0 radical (unpaired) electrons. The highest BCUT2D eigenvalue weighted by molar-refractivity contribution is 5.03. The lowest BCUT2D eigenvalue weighted by Gasteiger charge is -2.60. The van der Waals surface area contributed by atoms with E-state index in [0.29, 0.717) is 0 Å². The minimum absolute atomic E-state index is 0.740. The summed E-state index contributed by atoms with van der Waals surface area (Å²) in [5.41, 5.74) is 0.740. The lowest BCUT2D eigenvalue weighted by atomic mass is 9.63. The first-order valence-electron chi connectivity index (χ1n) is 8.47. The third-order valence-corrected chi connectivity index (χ3v) is 6.25. The van der Waals surface area contributed by atoms with Crippen LogP contribution in [0.25, 0.3) is 0 Å². The summed E-state index contributed by atoms with van der Waals surface area (Å²) in [5.74, 6) is 1.92. The molecule has 3 aliphatic rings. The van der Waals surface area contributed by atoms with Crippen molar-refractivity contribution in [3.8, 4) is 0 Å². The minimum atomic E-state index is 0.740. The summed E-state index contributed by atoms with van der Waals surface area (Å²) in [6.45, 7) is 14.9. The highest BCUT2D eigenvalue weighted by Gasteiger charge is 2.49. The Labute approximate surface area is 119 Å². The maximum atomic E-state index is 2.77. The molecule has 0 bridgehead atoms. The Balaban J connectivity index is 1.41. The number of nitrogens with zero attached hydrogens (tertiary/aromatic N) is 2. The molecular weight excluding hydrogens is 232 g/mol. The Morgan fingerprint density at radius 1 is 0.947 bits per heavy atom. The van der Waals surface area contributed by atoms with E-state index in [1.54, 1.807) is 0 Å². The van der Waals surface area contributed by atoms with E-state index in [2.05, 4.69) is 37.5 Å². The summed E-state index contributed by atoms with van der Waals surface area (Å²) in [6, 6.07) is 1.63. The summed E-state index contributed by atoms with van der Waals surface area (Å²) in [7, 11) is 0. The van der Waals surface area contributed by atoms with Gasteiger partial charge in [-0.1, -0.05) is 13.8 Å². The second-order valence-corrected chi connectivity index (χ2v) is 8.19. The van der Waals surface area contributed by atoms with Crippen LogP contribution in [0.3, 0.4) is 0 Å². The van der Waals surface area contributed by atoms with Crippen LogP contribution in [0, 0.1) is 17.3 Å². The van der Waals surface area contributed by atoms with Gasteiger partial charge < -0.3 is 0 Å². The van der Waals surface area contributed by atoms with Gasteiger partial charge in [-0.3, -0.25) is 9.80 Å². The molecule has 0 aromatic rings. The van der Waals surface area contributed by atoms with Crippen LogP contribution >= 0.6 is 0 Å². The first-order valence-corrected chi connectivity index (χ1v) is 8.47. The Bertz CT molecular complexity index is 301. The molecule has 0 N–H and O–H groups in total. The van der Waals surface area contributed by atoms with Gasteiger partial charge >= 0.3 is 0 Å². The van der Waals surface area contributed by atoms with E-state index >= 15 is 0 Å². The van der Waals surface area contributed by atoms with Gasteiger partial charge in [-0.2, -0.15) is 0 Å². The zero-order valence-electron chi connectivity index (χ0n) is 13.4. The molecule has 3 rings (SSSR count). The van der Waals surface area contributed by atoms with Gasteiger partial charge in [0, 0.05) is 38.3 Å². The fourth-order valence-electron chi connectivity index (χ4n) is 4.45. The van der Waals surface area contributed by atoms with Crippen molar-refractivity contribution < 1.29 is 0 Å². The van der Waals surface area contributed by atoms with Gasteiger partial charge in [-0.25, -0.2) is 0 Å². The Morgan fingerprint density at radius 2 is 1.53 bits per heavy atom. The van der Waals surface area contributed by atoms with Gasteiger partial charge in [0.15, 0.2) is 0 Å². The zero-order valence-corrected chi connectivity index (χ0v) is 13.4. The first-order chi connectivity index (χ1) is 8.99. The van der Waals surface area contributed by atoms with E-state index in [1.165, 1.54) is 51.9 Å². The van der Waals surface area contributed by atoms with Crippen LogP contribution in [0.1, 0.15) is 53.4 Å². The second-order valence-electron chi connectivity index (χ2n) is 8.19. The van der Waals surface area contributed by atoms with Crippen LogP contribution in [-0.2, 0) is 0 Å². The van der Waals surface area contributed by atoms with Crippen molar-refractivity contribution in [3.05, 3.63) is 0 Å². The van der Waals surface area contributed by atoms with Gasteiger partial charge in [0.05, 0.1) is 0 Å². The summed E-state index contributed by atoms with van der Waals surface area (Å²) >= 11 is 0. The van der Waals surface area contributed by atoms with Gasteiger partial charge in [-0.05, 0) is 56.8 Å². The van der Waals surface area contributed by atoms with Gasteiger partial charge in [0.1, 0.15) is 0 Å². The van der Waals surface area contributed by atoms with Crippen molar-refractivity contribution in [2.75, 3.05) is 26.2 Å². The van der Waals surface area contributed by atoms with Crippen LogP contribution in [0.4, 0.5) is 0 Å². The monoisotopic (exact) mass is 264 g/mol. The van der Waals surface area contributed by atoms with E-state index in [1.807, 2.05) is 0 Å². The molecule has 19 heavy (non-hydrogen) atoms. The predicted molar refractivity (Wildman–Crippen MR) is 81.3 cm³/mol. The molecule has 1 spiro atoms. The standard InChI is InChI=1S/C17H32N2/c1-13(2)15-5-7-17(8-6-15)11-19(12-17)16-9-18(10-16)14(3)4/h13-16H,5-12H2,1-4H3. The molecule has 0 aromatic carbocycles. The number of hydrogen-bond acceptors (Lipinski definition) is 2. The van der Waals surface area contributed by atoms with Crippen molar-refractivity contribution in [2.24, 2.45) is 17.3 Å². The van der Waals surface area contributed by atoms with Crippen molar-refractivity contribution in [1.29, 1.82) is 0 Å². The molecule has 2 heterocycles. The predicted octanol–water partition coefficient (Wildman–Crippen LogP) is 3.23. The van der Waals surface area contributed by atoms with Gasteiger partial charge in [0.25, 0.3) is 0 Å². The van der Waals surface area contributed by atoms with Crippen LogP contribution in [0.15, 0.2) is 0 Å². The van der Waals surface area contributed by atoms with Crippen LogP contribution < -0.4 is 0 Å². The zero-order chi connectivity index (χ0) is 13.6. The molecule has 110 valence electrons. The summed E-state index contributed by atoms with van der Waals surface area (Å²) in [4.78, 5) is 5.37. The lowest BCUT2D eigenvalue weighted by Crippen LogP contribution is -2.69. The number of likely N-dealkylation sites (tertiary alicyclic amines) is 2. The summed E-state index contributed by atoms with van der Waals surface area (Å²) < 4.78 is 0. The summed E-state index contributed by atoms with van der Waals surface area (Å²) in [5, 5.41) is 0. The van der Waals surface area contributed by atoms with Crippen LogP contribution in [0.5, 0.6) is 0 Å². The van der Waals surface area contributed by atoms with Crippen LogP contribution in [-0.4, -0.2) is 48.1 Å². The molecule has 0 aromatic heterocycles. The van der Waals surface area contributed by atoms with Crippen molar-refractivity contribution in [1.82, 2.24) is 9.80 Å². The highest BCUT2D eigenvalue weighted by Crippen LogP contribution is 2.48. The smallest absolute Gasteiger partial charge is 0.0351 e. The molecule has 0 amide bonds. The maximum Gasteiger partial charge on any atom is 0.0351 e. The molecule has 2 aliphatic heterocycles. The topological polar surface area (TPSA) is 6.48 Å². The summed E-state index contributed by atoms with van der Waals surface area (Å²) in [6.07, 6.45) is 6.00. The number of rotatable bonds is 3. The Morgan fingerprint density at radius 3 is 2.00 bits per heavy atom. The lowest BCUT2D eigenvalue weighted by molar-refractivity contribution is -0.107. The second kappa shape index (κ2) is 5.04. The average molecular weight is 264 g/mol. The first kappa shape index (κ1) is 13.9. The quantitative estimate of drug-likeness (QED) is 0.772. The largest absolute Gasteiger partial charge is 0.298 e. The van der Waals surface area contributed by atoms with Crippen molar-refractivity contribution >= 4 is 0 Å². The van der Waals surface area contributed by atoms with E-state index in [4.69, 9.17) is 0 Å². The number of hydrogen-bond donors (Lipinski definition) is 0. The normalized spacial score (nSPS) is 30.0. The fourth-order valence-corrected chi connectivity index (χ4v) is 4.45. The molecule has 3 fully saturated rings. The maximum absolute atomic E-state index is 2.77. The van der Waals surface area contributed by atoms with Crippen molar-refractivity contribution in [3.63, 3.8) is 0 Å². The highest BCUT2D eigenvalue weighted by atomic mass is 15.4. The minimum Gasteiger partial charge on any atom is -0.298 e. The molecule has 2 heteroatoms.